The Balaban J connectivity index is 3.43. The smallest absolute Gasteiger partial charge is 0.222 e. The first-order valence-corrected chi connectivity index (χ1v) is 6.43. The second kappa shape index (κ2) is 4.61. The maximum Gasteiger partial charge on any atom is 0.418 e. The van der Waals surface area contributed by atoms with E-state index in [1.807, 2.05) is 0 Å². The Hall–Kier alpha value is -1.55. The summed E-state index contributed by atoms with van der Waals surface area (Å²) in [6, 6.07) is 4.75. The van der Waals surface area contributed by atoms with Crippen molar-refractivity contribution in [3.63, 3.8) is 0 Å². The Kier molecular flexibility index (Phi) is 3.72. The zero-order chi connectivity index (χ0) is 14.1. The topological polar surface area (TPSA) is 57.9 Å². The maximum absolute atomic E-state index is 12.5. The van der Waals surface area contributed by atoms with Crippen LogP contribution in [0, 0.1) is 25.2 Å². The van der Waals surface area contributed by atoms with E-state index in [9.17, 15) is 21.6 Å². The Labute approximate surface area is 103 Å². The molecule has 0 saturated heterocycles. The van der Waals surface area contributed by atoms with Crippen molar-refractivity contribution in [1.29, 1.82) is 5.26 Å². The van der Waals surface area contributed by atoms with Gasteiger partial charge < -0.3 is 0 Å². The quantitative estimate of drug-likeness (QED) is 0.834. The van der Waals surface area contributed by atoms with Gasteiger partial charge >= 0.3 is 6.18 Å². The van der Waals surface area contributed by atoms with Gasteiger partial charge in [-0.25, -0.2) is 8.42 Å². The lowest BCUT2D eigenvalue weighted by molar-refractivity contribution is -0.120. The van der Waals surface area contributed by atoms with Gasteiger partial charge in [0.15, 0.2) is 0 Å². The van der Waals surface area contributed by atoms with Crippen molar-refractivity contribution in [3.8, 4) is 6.07 Å². The lowest BCUT2D eigenvalue weighted by Crippen LogP contribution is -2.35. The van der Waals surface area contributed by atoms with E-state index in [0.717, 1.165) is 17.7 Å². The summed E-state index contributed by atoms with van der Waals surface area (Å²) in [4.78, 5) is -0.461. The third-order valence-corrected chi connectivity index (χ3v) is 4.43. The summed E-state index contributed by atoms with van der Waals surface area (Å²) in [5.74, 6) is 0. The molecule has 3 nitrogen and oxygen atoms in total. The van der Waals surface area contributed by atoms with Crippen molar-refractivity contribution < 1.29 is 21.6 Å². The molecule has 0 aromatic heterocycles. The average Bonchev–Trinajstić information content (AvgIpc) is 2.14. The van der Waals surface area contributed by atoms with E-state index in [1.165, 1.54) is 19.1 Å². The molecule has 0 N–H and O–H groups in total. The van der Waals surface area contributed by atoms with Crippen molar-refractivity contribution >= 4 is 9.84 Å². The van der Waals surface area contributed by atoms with Crippen molar-refractivity contribution in [1.82, 2.24) is 0 Å². The standard InChI is InChI=1S/C11H10F3NO2S/c1-7-3-4-9(8(2)5-7)18(16,17)10(6-15)11(12,13)14/h3-5,10H,1-2H3. The molecule has 0 amide bonds. The van der Waals surface area contributed by atoms with Crippen LogP contribution in [0.25, 0.3) is 0 Å². The fourth-order valence-corrected chi connectivity index (χ4v) is 3.07. The minimum atomic E-state index is -5.11. The highest BCUT2D eigenvalue weighted by molar-refractivity contribution is 7.92. The van der Waals surface area contributed by atoms with Gasteiger partial charge in [-0.15, -0.1) is 0 Å². The summed E-state index contributed by atoms with van der Waals surface area (Å²) in [5, 5.41) is 5.42. The number of benzene rings is 1. The van der Waals surface area contributed by atoms with Crippen LogP contribution >= 0.6 is 0 Å². The summed E-state index contributed by atoms with van der Waals surface area (Å²) in [6.07, 6.45) is -5.11. The maximum atomic E-state index is 12.5. The summed E-state index contributed by atoms with van der Waals surface area (Å²) >= 11 is 0. The van der Waals surface area contributed by atoms with Crippen LogP contribution in [0.1, 0.15) is 11.1 Å². The number of hydrogen-bond donors (Lipinski definition) is 0. The normalized spacial score (nSPS) is 14.0. The number of alkyl halides is 3. The number of sulfone groups is 1. The molecule has 1 rings (SSSR count). The Morgan fingerprint density at radius 1 is 1.28 bits per heavy atom. The van der Waals surface area contributed by atoms with Gasteiger partial charge in [0, 0.05) is 0 Å². The van der Waals surface area contributed by atoms with Gasteiger partial charge in [0.25, 0.3) is 0 Å². The largest absolute Gasteiger partial charge is 0.418 e. The molecule has 0 spiro atoms. The van der Waals surface area contributed by atoms with Crippen molar-refractivity contribution in [2.24, 2.45) is 0 Å². The first-order valence-electron chi connectivity index (χ1n) is 4.88. The van der Waals surface area contributed by atoms with Gasteiger partial charge in [0.2, 0.25) is 15.1 Å². The van der Waals surface area contributed by atoms with Gasteiger partial charge in [-0.3, -0.25) is 0 Å². The van der Waals surface area contributed by atoms with Crippen LogP contribution in [-0.2, 0) is 9.84 Å². The Bertz CT molecular complexity index is 600. The number of nitriles is 1. The second-order valence-corrected chi connectivity index (χ2v) is 5.87. The van der Waals surface area contributed by atoms with Crippen LogP contribution < -0.4 is 0 Å². The van der Waals surface area contributed by atoms with E-state index >= 15 is 0 Å². The lowest BCUT2D eigenvalue weighted by Gasteiger charge is -2.15. The van der Waals surface area contributed by atoms with Crippen LogP contribution in [0.4, 0.5) is 13.2 Å². The van der Waals surface area contributed by atoms with Crippen LogP contribution in [0.3, 0.4) is 0 Å². The van der Waals surface area contributed by atoms with Gasteiger partial charge in [0.05, 0.1) is 11.0 Å². The van der Waals surface area contributed by atoms with E-state index in [1.54, 1.807) is 6.92 Å². The van der Waals surface area contributed by atoms with Gasteiger partial charge in [0.1, 0.15) is 0 Å². The molecule has 98 valence electrons. The molecule has 0 heterocycles. The molecule has 0 aliphatic heterocycles. The van der Waals surface area contributed by atoms with Crippen LogP contribution in [0.2, 0.25) is 0 Å². The highest BCUT2D eigenvalue weighted by atomic mass is 32.2. The second-order valence-electron chi connectivity index (χ2n) is 3.86. The molecule has 0 bridgehead atoms. The zero-order valence-electron chi connectivity index (χ0n) is 9.62. The van der Waals surface area contributed by atoms with Gasteiger partial charge in [-0.05, 0) is 25.5 Å². The summed E-state index contributed by atoms with van der Waals surface area (Å²) in [5.41, 5.74) is 0.923. The first kappa shape index (κ1) is 14.5. The van der Waals surface area contributed by atoms with Crippen LogP contribution in [0.5, 0.6) is 0 Å². The fraction of sp³-hybridized carbons (Fsp3) is 0.364. The van der Waals surface area contributed by atoms with Gasteiger partial charge in [-0.2, -0.15) is 18.4 Å². The molecule has 1 atom stereocenters. The molecule has 0 fully saturated rings. The first-order chi connectivity index (χ1) is 8.10. The molecule has 1 aromatic carbocycles. The lowest BCUT2D eigenvalue weighted by atomic mass is 10.2. The van der Waals surface area contributed by atoms with Crippen LogP contribution in [-0.4, -0.2) is 19.8 Å². The van der Waals surface area contributed by atoms with E-state index < -0.39 is 26.2 Å². The number of aryl methyl sites for hydroxylation is 2. The predicted octanol–water partition coefficient (Wildman–Crippen LogP) is 2.53. The molecule has 0 radical (unpaired) electrons. The molecule has 7 heteroatoms. The number of hydrogen-bond acceptors (Lipinski definition) is 3. The van der Waals surface area contributed by atoms with E-state index in [-0.39, 0.29) is 5.56 Å². The summed E-state index contributed by atoms with van der Waals surface area (Å²) in [6.45, 7) is 3.08. The highest BCUT2D eigenvalue weighted by Crippen LogP contribution is 2.31. The number of rotatable bonds is 2. The van der Waals surface area contributed by atoms with Crippen molar-refractivity contribution in [2.45, 2.75) is 30.2 Å². The highest BCUT2D eigenvalue weighted by Gasteiger charge is 2.50. The number of halogens is 3. The molecule has 1 aromatic rings. The Morgan fingerprint density at radius 2 is 1.83 bits per heavy atom. The predicted molar refractivity (Wildman–Crippen MR) is 58.6 cm³/mol. The molecule has 18 heavy (non-hydrogen) atoms. The number of nitrogens with zero attached hydrogens (tertiary/aromatic N) is 1. The van der Waals surface area contributed by atoms with Crippen LogP contribution in [0.15, 0.2) is 23.1 Å². The summed E-state index contributed by atoms with van der Waals surface area (Å²) < 4.78 is 61.1. The molecule has 1 unspecified atom stereocenters. The SMILES string of the molecule is Cc1ccc(S(=O)(=O)C(C#N)C(F)(F)F)c(C)c1. The van der Waals surface area contributed by atoms with Crippen molar-refractivity contribution in [2.75, 3.05) is 0 Å². The molecule has 0 aliphatic rings. The molecular formula is C11H10F3NO2S. The third kappa shape index (κ3) is 2.64. The third-order valence-electron chi connectivity index (χ3n) is 2.36. The molecular weight excluding hydrogens is 267 g/mol. The van der Waals surface area contributed by atoms with Crippen molar-refractivity contribution in [3.05, 3.63) is 29.3 Å². The van der Waals surface area contributed by atoms with E-state index in [4.69, 9.17) is 5.26 Å². The van der Waals surface area contributed by atoms with E-state index in [2.05, 4.69) is 0 Å². The minimum Gasteiger partial charge on any atom is -0.222 e. The molecule has 0 saturated carbocycles. The van der Waals surface area contributed by atoms with E-state index in [0.29, 0.717) is 0 Å². The molecule has 0 aliphatic carbocycles. The fourth-order valence-electron chi connectivity index (χ4n) is 1.56. The average molecular weight is 277 g/mol. The summed E-state index contributed by atoms with van der Waals surface area (Å²) in [7, 11) is -4.74. The minimum absolute atomic E-state index is 0.194. The zero-order valence-corrected chi connectivity index (χ0v) is 10.4. The Morgan fingerprint density at radius 3 is 2.22 bits per heavy atom. The monoisotopic (exact) mass is 277 g/mol. The van der Waals surface area contributed by atoms with Gasteiger partial charge in [-0.1, -0.05) is 17.7 Å².